The Hall–Kier alpha value is -0.390. The predicted octanol–water partition coefficient (Wildman–Crippen LogP) is 1.72. The number of nitrogens with one attached hydrogen (secondary N) is 1. The van der Waals surface area contributed by atoms with Gasteiger partial charge < -0.3 is 5.32 Å². The fourth-order valence-electron chi connectivity index (χ4n) is 1.72. The third kappa shape index (κ3) is 4.08. The summed E-state index contributed by atoms with van der Waals surface area (Å²) in [5, 5.41) is 8.40. The van der Waals surface area contributed by atoms with E-state index in [-0.39, 0.29) is 6.04 Å². The first-order chi connectivity index (χ1) is 7.95. The zero-order valence-corrected chi connectivity index (χ0v) is 12.4. The molecule has 6 heteroatoms. The van der Waals surface area contributed by atoms with Gasteiger partial charge in [-0.3, -0.25) is 8.89 Å². The quantitative estimate of drug-likeness (QED) is 0.861. The van der Waals surface area contributed by atoms with Crippen molar-refractivity contribution in [1.29, 1.82) is 0 Å². The lowest BCUT2D eigenvalue weighted by molar-refractivity contribution is 0.540. The molecule has 0 aliphatic heterocycles. The summed E-state index contributed by atoms with van der Waals surface area (Å²) in [6, 6.07) is 0.206. The Bertz CT molecular complexity index is 406. The van der Waals surface area contributed by atoms with Gasteiger partial charge in [0.2, 0.25) is 0 Å². The molecule has 0 aliphatic rings. The van der Waals surface area contributed by atoms with Crippen LogP contribution in [0.2, 0.25) is 5.02 Å². The van der Waals surface area contributed by atoms with Crippen LogP contribution in [0.15, 0.2) is 0 Å². The standard InChI is InChI=1S/C11H20ClN3OS/c1-5-15-10(11(12)9(3)14-15)6-13-8(2)7-17(4)16/h8,13H,5-7H2,1-4H3. The third-order valence-corrected chi connectivity index (χ3v) is 4.02. The van der Waals surface area contributed by atoms with Crippen LogP contribution in [0.4, 0.5) is 0 Å². The second-order valence-electron chi connectivity index (χ2n) is 4.18. The van der Waals surface area contributed by atoms with Gasteiger partial charge in [-0.1, -0.05) is 11.6 Å². The second-order valence-corrected chi connectivity index (χ2v) is 6.04. The molecule has 0 aliphatic carbocycles. The van der Waals surface area contributed by atoms with E-state index in [0.717, 1.165) is 23.0 Å². The molecule has 0 saturated carbocycles. The molecule has 0 saturated heterocycles. The van der Waals surface area contributed by atoms with Crippen LogP contribution < -0.4 is 5.32 Å². The number of hydrogen-bond donors (Lipinski definition) is 1. The first-order valence-corrected chi connectivity index (χ1v) is 7.81. The highest BCUT2D eigenvalue weighted by atomic mass is 35.5. The average Bonchev–Trinajstić information content (AvgIpc) is 2.51. The highest BCUT2D eigenvalue weighted by molar-refractivity contribution is 7.84. The topological polar surface area (TPSA) is 46.9 Å². The van der Waals surface area contributed by atoms with E-state index >= 15 is 0 Å². The molecule has 1 aromatic heterocycles. The molecule has 2 atom stereocenters. The summed E-state index contributed by atoms with van der Waals surface area (Å²) < 4.78 is 13.0. The van der Waals surface area contributed by atoms with E-state index in [4.69, 9.17) is 11.6 Å². The summed E-state index contributed by atoms with van der Waals surface area (Å²) in [6.45, 7) is 7.43. The first kappa shape index (κ1) is 14.7. The lowest BCUT2D eigenvalue weighted by atomic mass is 10.3. The number of hydrogen-bond acceptors (Lipinski definition) is 3. The predicted molar refractivity (Wildman–Crippen MR) is 72.9 cm³/mol. The SMILES string of the molecule is CCn1nc(C)c(Cl)c1CNC(C)CS(C)=O. The minimum Gasteiger partial charge on any atom is -0.308 e. The van der Waals surface area contributed by atoms with Gasteiger partial charge in [0.05, 0.1) is 16.4 Å². The van der Waals surface area contributed by atoms with Crippen molar-refractivity contribution in [3.05, 3.63) is 16.4 Å². The van der Waals surface area contributed by atoms with Crippen molar-refractivity contribution >= 4 is 22.4 Å². The molecule has 98 valence electrons. The van der Waals surface area contributed by atoms with E-state index in [9.17, 15) is 4.21 Å². The maximum atomic E-state index is 11.1. The van der Waals surface area contributed by atoms with Crippen LogP contribution in [0, 0.1) is 6.92 Å². The lowest BCUT2D eigenvalue weighted by Gasteiger charge is -2.13. The summed E-state index contributed by atoms with van der Waals surface area (Å²) in [6.07, 6.45) is 1.71. The van der Waals surface area contributed by atoms with Gasteiger partial charge in [0, 0.05) is 41.9 Å². The molecule has 0 spiro atoms. The molecular formula is C11H20ClN3OS. The summed E-state index contributed by atoms with van der Waals surface area (Å²) in [7, 11) is -0.779. The number of halogens is 1. The van der Waals surface area contributed by atoms with Crippen LogP contribution in [-0.2, 0) is 23.9 Å². The maximum Gasteiger partial charge on any atom is 0.0860 e. The van der Waals surface area contributed by atoms with Crippen LogP contribution in [0.25, 0.3) is 0 Å². The minimum absolute atomic E-state index is 0.206. The monoisotopic (exact) mass is 277 g/mol. The fraction of sp³-hybridized carbons (Fsp3) is 0.727. The van der Waals surface area contributed by atoms with Gasteiger partial charge in [-0.15, -0.1) is 0 Å². The number of rotatable bonds is 6. The molecule has 0 fully saturated rings. The second kappa shape index (κ2) is 6.52. The summed E-state index contributed by atoms with van der Waals surface area (Å²) in [5.41, 5.74) is 1.86. The van der Waals surface area contributed by atoms with Crippen molar-refractivity contribution < 1.29 is 4.21 Å². The van der Waals surface area contributed by atoms with E-state index < -0.39 is 10.8 Å². The van der Waals surface area contributed by atoms with Crippen LogP contribution in [0.5, 0.6) is 0 Å². The molecule has 17 heavy (non-hydrogen) atoms. The summed E-state index contributed by atoms with van der Waals surface area (Å²) in [5.74, 6) is 0.650. The van der Waals surface area contributed by atoms with Gasteiger partial charge in [-0.25, -0.2) is 0 Å². The molecule has 0 bridgehead atoms. The molecule has 0 radical (unpaired) electrons. The van der Waals surface area contributed by atoms with Crippen molar-refractivity contribution in [3.8, 4) is 0 Å². The van der Waals surface area contributed by atoms with Crippen molar-refractivity contribution in [1.82, 2.24) is 15.1 Å². The Morgan fingerprint density at radius 1 is 1.59 bits per heavy atom. The van der Waals surface area contributed by atoms with Gasteiger partial charge >= 0.3 is 0 Å². The largest absolute Gasteiger partial charge is 0.308 e. The zero-order valence-electron chi connectivity index (χ0n) is 10.8. The Kier molecular flexibility index (Phi) is 5.62. The first-order valence-electron chi connectivity index (χ1n) is 5.70. The van der Waals surface area contributed by atoms with Crippen molar-refractivity contribution in [3.63, 3.8) is 0 Å². The minimum atomic E-state index is -0.779. The van der Waals surface area contributed by atoms with Crippen molar-refractivity contribution in [2.75, 3.05) is 12.0 Å². The fourth-order valence-corrected chi connectivity index (χ4v) is 2.74. The van der Waals surface area contributed by atoms with Crippen LogP contribution >= 0.6 is 11.6 Å². The van der Waals surface area contributed by atoms with Gasteiger partial charge in [0.15, 0.2) is 0 Å². The van der Waals surface area contributed by atoms with Gasteiger partial charge in [-0.2, -0.15) is 5.10 Å². The van der Waals surface area contributed by atoms with E-state index in [2.05, 4.69) is 10.4 Å². The van der Waals surface area contributed by atoms with Crippen LogP contribution in [0.1, 0.15) is 25.2 Å². The normalized spacial score (nSPS) is 14.9. The van der Waals surface area contributed by atoms with E-state index in [0.29, 0.717) is 12.3 Å². The summed E-state index contributed by atoms with van der Waals surface area (Å²) >= 11 is 6.20. The number of aromatic nitrogens is 2. The van der Waals surface area contributed by atoms with Crippen molar-refractivity contribution in [2.24, 2.45) is 0 Å². The molecule has 2 unspecified atom stereocenters. The highest BCUT2D eigenvalue weighted by Crippen LogP contribution is 2.20. The third-order valence-electron chi connectivity index (χ3n) is 2.56. The lowest BCUT2D eigenvalue weighted by Crippen LogP contribution is -2.31. The Balaban J connectivity index is 2.65. The van der Waals surface area contributed by atoms with E-state index in [1.807, 2.05) is 25.5 Å². The molecular weight excluding hydrogens is 258 g/mol. The van der Waals surface area contributed by atoms with Gasteiger partial charge in [-0.05, 0) is 20.8 Å². The average molecular weight is 278 g/mol. The molecule has 1 N–H and O–H groups in total. The van der Waals surface area contributed by atoms with Gasteiger partial charge in [0.1, 0.15) is 0 Å². The molecule has 4 nitrogen and oxygen atoms in total. The smallest absolute Gasteiger partial charge is 0.0860 e. The van der Waals surface area contributed by atoms with Crippen LogP contribution in [0.3, 0.4) is 0 Å². The summed E-state index contributed by atoms with van der Waals surface area (Å²) in [4.78, 5) is 0. The molecule has 1 rings (SSSR count). The number of aryl methyl sites for hydroxylation is 2. The molecule has 1 heterocycles. The Labute approximate surface area is 110 Å². The van der Waals surface area contributed by atoms with Gasteiger partial charge in [0.25, 0.3) is 0 Å². The van der Waals surface area contributed by atoms with E-state index in [1.54, 1.807) is 6.26 Å². The zero-order chi connectivity index (χ0) is 13.0. The maximum absolute atomic E-state index is 11.1. The molecule has 0 aromatic carbocycles. The van der Waals surface area contributed by atoms with Crippen molar-refractivity contribution in [2.45, 2.75) is 39.9 Å². The Morgan fingerprint density at radius 3 is 2.76 bits per heavy atom. The van der Waals surface area contributed by atoms with E-state index in [1.165, 1.54) is 0 Å². The Morgan fingerprint density at radius 2 is 2.24 bits per heavy atom. The van der Waals surface area contributed by atoms with Crippen LogP contribution in [-0.4, -0.2) is 32.0 Å². The highest BCUT2D eigenvalue weighted by Gasteiger charge is 2.13. The molecule has 0 amide bonds. The number of nitrogens with zero attached hydrogens (tertiary/aromatic N) is 2. The molecule has 1 aromatic rings.